The molecular weight excluding hydrogens is 481 g/mol. The fourth-order valence-electron chi connectivity index (χ4n) is 6.88. The molecule has 0 radical (unpaired) electrons. The summed E-state index contributed by atoms with van der Waals surface area (Å²) in [4.78, 5) is 15.1. The highest BCUT2D eigenvalue weighted by Crippen LogP contribution is 2.69. The molecule has 1 amide bonds. The number of benzene rings is 3. The number of ether oxygens (including phenoxy) is 2. The number of aromatic nitrogens is 2. The molecule has 1 aromatic heterocycles. The zero-order valence-corrected chi connectivity index (χ0v) is 21.3. The Morgan fingerprint density at radius 2 is 1.84 bits per heavy atom. The maximum atomic E-state index is 13.5. The van der Waals surface area contributed by atoms with Gasteiger partial charge in [-0.3, -0.25) is 0 Å². The number of aryl methyl sites for hydroxylation is 1. The number of hydrogen-bond acceptors (Lipinski definition) is 4. The number of piperidine rings is 1. The van der Waals surface area contributed by atoms with E-state index in [0.717, 1.165) is 29.4 Å². The summed E-state index contributed by atoms with van der Waals surface area (Å²) in [5.74, 6) is 0.408. The summed E-state index contributed by atoms with van der Waals surface area (Å²) in [6, 6.07) is 21.5. The van der Waals surface area contributed by atoms with Gasteiger partial charge in [-0.05, 0) is 65.9 Å². The van der Waals surface area contributed by atoms with Crippen molar-refractivity contribution in [2.24, 2.45) is 5.92 Å². The number of hydrogen-bond donors (Lipinski definition) is 0. The van der Waals surface area contributed by atoms with Crippen molar-refractivity contribution >= 4 is 17.0 Å². The van der Waals surface area contributed by atoms with Crippen LogP contribution >= 0.6 is 0 Å². The van der Waals surface area contributed by atoms with Gasteiger partial charge in [-0.15, -0.1) is 0 Å². The molecule has 3 fully saturated rings. The number of fused-ring (bicyclic) bond motifs is 2. The van der Waals surface area contributed by atoms with Crippen molar-refractivity contribution in [3.8, 4) is 5.69 Å². The average molecular weight is 512 g/mol. The number of likely N-dealkylation sites (tertiary alicyclic amines) is 1. The fraction of sp³-hybridized carbons (Fsp3) is 0.355. The molecule has 0 N–H and O–H groups in total. The van der Waals surface area contributed by atoms with Gasteiger partial charge in [0.15, 0.2) is 0 Å². The molecule has 194 valence electrons. The molecule has 3 atom stereocenters. The van der Waals surface area contributed by atoms with Crippen molar-refractivity contribution in [2.45, 2.75) is 37.2 Å². The van der Waals surface area contributed by atoms with Gasteiger partial charge in [0, 0.05) is 42.7 Å². The largest absolute Gasteiger partial charge is 0.446 e. The third kappa shape index (κ3) is 3.71. The van der Waals surface area contributed by atoms with Crippen LogP contribution < -0.4 is 0 Å². The maximum Gasteiger partial charge on any atom is 0.410 e. The first kappa shape index (κ1) is 23.4. The third-order valence-corrected chi connectivity index (χ3v) is 8.72. The molecule has 7 rings (SSSR count). The first-order valence-electron chi connectivity index (χ1n) is 13.4. The fourth-order valence-corrected chi connectivity index (χ4v) is 6.88. The molecule has 4 aromatic rings. The second-order valence-corrected chi connectivity index (χ2v) is 10.9. The lowest BCUT2D eigenvalue weighted by Gasteiger charge is -2.28. The van der Waals surface area contributed by atoms with Crippen LogP contribution in [-0.2, 0) is 14.9 Å². The Morgan fingerprint density at radius 3 is 2.61 bits per heavy atom. The van der Waals surface area contributed by atoms with Crippen molar-refractivity contribution in [1.82, 2.24) is 14.7 Å². The summed E-state index contributed by atoms with van der Waals surface area (Å²) in [6.45, 7) is 4.76. The minimum atomic E-state index is -0.268. The molecule has 3 heterocycles. The van der Waals surface area contributed by atoms with Gasteiger partial charge in [0.05, 0.1) is 30.6 Å². The summed E-state index contributed by atoms with van der Waals surface area (Å²) in [5, 5.41) is 5.66. The summed E-state index contributed by atoms with van der Waals surface area (Å²) >= 11 is 0. The Kier molecular flexibility index (Phi) is 5.51. The summed E-state index contributed by atoms with van der Waals surface area (Å²) in [6.07, 6.45) is 3.12. The standard InChI is InChI=1S/C31H30FN3O3/c1-20-15-28-22(17-33-35(28)24-9-7-23(32)8-10-24)16-26(20)31-19-34(30(36)38-25-11-13-37-14-12-25)18-27(31)29(31)21-5-3-2-4-6-21/h2-10,15-17,25,27,29H,11-14,18-19H2,1H3. The second kappa shape index (κ2) is 8.95. The topological polar surface area (TPSA) is 56.6 Å². The Balaban J connectivity index is 1.24. The van der Waals surface area contributed by atoms with Crippen molar-refractivity contribution in [3.05, 3.63) is 95.4 Å². The molecule has 2 aliphatic heterocycles. The predicted molar refractivity (Wildman–Crippen MR) is 142 cm³/mol. The number of nitrogens with zero attached hydrogens (tertiary/aromatic N) is 3. The molecule has 0 bridgehead atoms. The van der Waals surface area contributed by atoms with Crippen molar-refractivity contribution in [3.63, 3.8) is 0 Å². The predicted octanol–water partition coefficient (Wildman–Crippen LogP) is 5.76. The maximum absolute atomic E-state index is 13.5. The molecule has 0 spiro atoms. The molecule has 3 aliphatic rings. The molecule has 1 saturated carbocycles. The zero-order chi connectivity index (χ0) is 25.9. The number of carbonyl (C=O) groups excluding carboxylic acids is 1. The molecule has 1 aliphatic carbocycles. The van der Waals surface area contributed by atoms with E-state index >= 15 is 0 Å². The van der Waals surface area contributed by atoms with Crippen LogP contribution in [0, 0.1) is 18.7 Å². The Morgan fingerprint density at radius 1 is 1.08 bits per heavy atom. The van der Waals surface area contributed by atoms with Crippen LogP contribution in [-0.4, -0.2) is 53.2 Å². The number of halogens is 1. The van der Waals surface area contributed by atoms with Gasteiger partial charge < -0.3 is 14.4 Å². The highest BCUT2D eigenvalue weighted by molar-refractivity contribution is 5.83. The van der Waals surface area contributed by atoms with Crippen LogP contribution in [0.4, 0.5) is 9.18 Å². The second-order valence-electron chi connectivity index (χ2n) is 10.9. The molecule has 38 heavy (non-hydrogen) atoms. The van der Waals surface area contributed by atoms with Crippen LogP contribution in [0.1, 0.15) is 35.4 Å². The van der Waals surface area contributed by atoms with Gasteiger partial charge in [-0.1, -0.05) is 30.3 Å². The van der Waals surface area contributed by atoms with Crippen molar-refractivity contribution in [2.75, 3.05) is 26.3 Å². The van der Waals surface area contributed by atoms with E-state index in [1.165, 1.54) is 28.8 Å². The highest BCUT2D eigenvalue weighted by Gasteiger charge is 2.71. The SMILES string of the molecule is Cc1cc2c(cnn2-c2ccc(F)cc2)cc1C12CN(C(=O)OC3CCOCC3)CC1C2c1ccccc1. The molecule has 2 saturated heterocycles. The first-order valence-corrected chi connectivity index (χ1v) is 13.4. The number of carbonyl (C=O) groups is 1. The van der Waals surface area contributed by atoms with Gasteiger partial charge in [0.2, 0.25) is 0 Å². The minimum Gasteiger partial charge on any atom is -0.446 e. The van der Waals surface area contributed by atoms with Crippen LogP contribution in [0.3, 0.4) is 0 Å². The van der Waals surface area contributed by atoms with E-state index < -0.39 is 0 Å². The van der Waals surface area contributed by atoms with E-state index in [1.54, 1.807) is 12.1 Å². The average Bonchev–Trinajstić information content (AvgIpc) is 3.20. The van der Waals surface area contributed by atoms with E-state index in [1.807, 2.05) is 21.8 Å². The molecule has 3 unspecified atom stereocenters. The monoisotopic (exact) mass is 511 g/mol. The lowest BCUT2D eigenvalue weighted by atomic mass is 9.86. The number of rotatable bonds is 4. The van der Waals surface area contributed by atoms with Crippen LogP contribution in [0.25, 0.3) is 16.6 Å². The van der Waals surface area contributed by atoms with Crippen molar-refractivity contribution in [1.29, 1.82) is 0 Å². The van der Waals surface area contributed by atoms with Crippen LogP contribution in [0.5, 0.6) is 0 Å². The quantitative estimate of drug-likeness (QED) is 0.350. The Labute approximate surface area is 221 Å². The summed E-state index contributed by atoms with van der Waals surface area (Å²) < 4.78 is 26.7. The van der Waals surface area contributed by atoms with Crippen LogP contribution in [0.15, 0.2) is 72.9 Å². The first-order chi connectivity index (χ1) is 18.5. The van der Waals surface area contributed by atoms with E-state index in [0.29, 0.717) is 38.1 Å². The van der Waals surface area contributed by atoms with Gasteiger partial charge in [0.25, 0.3) is 0 Å². The van der Waals surface area contributed by atoms with E-state index in [-0.39, 0.29) is 23.4 Å². The van der Waals surface area contributed by atoms with E-state index in [4.69, 9.17) is 9.47 Å². The van der Waals surface area contributed by atoms with Gasteiger partial charge >= 0.3 is 6.09 Å². The summed E-state index contributed by atoms with van der Waals surface area (Å²) in [7, 11) is 0. The zero-order valence-electron chi connectivity index (χ0n) is 21.3. The lowest BCUT2D eigenvalue weighted by molar-refractivity contribution is -0.00943. The Bertz CT molecular complexity index is 1500. The van der Waals surface area contributed by atoms with E-state index in [2.05, 4.69) is 48.4 Å². The summed E-state index contributed by atoms with van der Waals surface area (Å²) in [5.41, 5.74) is 5.40. The minimum absolute atomic E-state index is 0.0653. The normalized spacial score (nSPS) is 24.9. The number of amides is 1. The third-order valence-electron chi connectivity index (χ3n) is 8.72. The van der Waals surface area contributed by atoms with Gasteiger partial charge in [-0.2, -0.15) is 5.10 Å². The molecular formula is C31H30FN3O3. The Hall–Kier alpha value is -3.71. The highest BCUT2D eigenvalue weighted by atomic mass is 19.1. The van der Waals surface area contributed by atoms with Crippen molar-refractivity contribution < 1.29 is 18.7 Å². The van der Waals surface area contributed by atoms with Gasteiger partial charge in [-0.25, -0.2) is 13.9 Å². The van der Waals surface area contributed by atoms with E-state index in [9.17, 15) is 9.18 Å². The molecule has 7 heteroatoms. The molecule has 6 nitrogen and oxygen atoms in total. The smallest absolute Gasteiger partial charge is 0.410 e. The van der Waals surface area contributed by atoms with Gasteiger partial charge in [0.1, 0.15) is 11.9 Å². The van der Waals surface area contributed by atoms with Crippen LogP contribution in [0.2, 0.25) is 0 Å². The molecule has 3 aromatic carbocycles. The lowest BCUT2D eigenvalue weighted by Crippen LogP contribution is -2.38.